The van der Waals surface area contributed by atoms with Crippen LogP contribution in [0.3, 0.4) is 0 Å². The third kappa shape index (κ3) is 6.25. The number of carbonyl (C=O) groups is 1. The summed E-state index contributed by atoms with van der Waals surface area (Å²) in [5, 5.41) is 15.3. The minimum absolute atomic E-state index is 0.104. The molecule has 5 nitrogen and oxygen atoms in total. The van der Waals surface area contributed by atoms with Crippen molar-refractivity contribution in [3.05, 3.63) is 0 Å². The Morgan fingerprint density at radius 1 is 1.42 bits per heavy atom. The normalized spacial score (nSPS) is 25.1. The van der Waals surface area contributed by atoms with Crippen LogP contribution in [0.25, 0.3) is 0 Å². The van der Waals surface area contributed by atoms with Crippen molar-refractivity contribution < 1.29 is 14.6 Å². The standard InChI is InChI=1S/C14H28N2O3/c1-10(9-17)16-12-7-5-6-11(12)8-15-13(18)19-14(2,3)4/h10-12,16-17H,5-9H2,1-4H3,(H,15,18)/t10-,11?,12?/m1/s1. The highest BCUT2D eigenvalue weighted by molar-refractivity contribution is 5.67. The maximum Gasteiger partial charge on any atom is 0.407 e. The van der Waals surface area contributed by atoms with E-state index in [0.29, 0.717) is 18.5 Å². The molecule has 1 fully saturated rings. The summed E-state index contributed by atoms with van der Waals surface area (Å²) in [6, 6.07) is 0.476. The number of rotatable bonds is 5. The molecule has 0 aromatic carbocycles. The molecule has 1 aliphatic rings. The van der Waals surface area contributed by atoms with Crippen LogP contribution in [0.1, 0.15) is 47.0 Å². The SMILES string of the molecule is C[C@H](CO)NC1CCCC1CNC(=O)OC(C)(C)C. The minimum Gasteiger partial charge on any atom is -0.444 e. The van der Waals surface area contributed by atoms with Crippen LogP contribution < -0.4 is 10.6 Å². The molecule has 3 N–H and O–H groups in total. The smallest absolute Gasteiger partial charge is 0.407 e. The van der Waals surface area contributed by atoms with Crippen molar-refractivity contribution in [1.29, 1.82) is 0 Å². The molecule has 19 heavy (non-hydrogen) atoms. The van der Waals surface area contributed by atoms with Gasteiger partial charge in [0.2, 0.25) is 0 Å². The fourth-order valence-electron chi connectivity index (χ4n) is 2.45. The highest BCUT2D eigenvalue weighted by Crippen LogP contribution is 2.25. The quantitative estimate of drug-likeness (QED) is 0.711. The number of ether oxygens (including phenoxy) is 1. The lowest BCUT2D eigenvalue weighted by molar-refractivity contribution is 0.0516. The Labute approximate surface area is 116 Å². The van der Waals surface area contributed by atoms with E-state index in [4.69, 9.17) is 9.84 Å². The molecule has 112 valence electrons. The monoisotopic (exact) mass is 272 g/mol. The Bertz CT molecular complexity index is 289. The van der Waals surface area contributed by atoms with Gasteiger partial charge in [-0.2, -0.15) is 0 Å². The summed E-state index contributed by atoms with van der Waals surface area (Å²) in [7, 11) is 0. The number of aliphatic hydroxyl groups excluding tert-OH is 1. The molecular weight excluding hydrogens is 244 g/mol. The maximum absolute atomic E-state index is 11.6. The number of nitrogens with one attached hydrogen (secondary N) is 2. The molecule has 0 aromatic rings. The highest BCUT2D eigenvalue weighted by Gasteiger charge is 2.28. The van der Waals surface area contributed by atoms with E-state index in [9.17, 15) is 4.79 Å². The zero-order chi connectivity index (χ0) is 14.5. The van der Waals surface area contributed by atoms with Crippen molar-refractivity contribution in [2.45, 2.75) is 64.6 Å². The van der Waals surface area contributed by atoms with Crippen LogP contribution in [-0.4, -0.2) is 42.0 Å². The molecule has 2 unspecified atom stereocenters. The lowest BCUT2D eigenvalue weighted by Crippen LogP contribution is -2.44. The van der Waals surface area contributed by atoms with Gasteiger partial charge < -0.3 is 20.5 Å². The first-order chi connectivity index (χ1) is 8.81. The summed E-state index contributed by atoms with van der Waals surface area (Å²) in [5.41, 5.74) is -0.456. The van der Waals surface area contributed by atoms with E-state index in [1.165, 1.54) is 0 Å². The topological polar surface area (TPSA) is 70.6 Å². The molecule has 0 aliphatic heterocycles. The van der Waals surface area contributed by atoms with E-state index in [1.54, 1.807) is 0 Å². The van der Waals surface area contributed by atoms with Crippen LogP contribution >= 0.6 is 0 Å². The van der Waals surface area contributed by atoms with E-state index in [-0.39, 0.29) is 18.7 Å². The molecule has 0 aromatic heterocycles. The van der Waals surface area contributed by atoms with E-state index >= 15 is 0 Å². The number of hydrogen-bond donors (Lipinski definition) is 3. The third-order valence-corrected chi connectivity index (χ3v) is 3.34. The molecule has 0 bridgehead atoms. The van der Waals surface area contributed by atoms with E-state index < -0.39 is 5.60 Å². The minimum atomic E-state index is -0.456. The molecule has 0 spiro atoms. The van der Waals surface area contributed by atoms with Gasteiger partial charge in [-0.15, -0.1) is 0 Å². The van der Waals surface area contributed by atoms with Gasteiger partial charge >= 0.3 is 6.09 Å². The number of carbonyl (C=O) groups excluding carboxylic acids is 1. The van der Waals surface area contributed by atoms with Crippen molar-refractivity contribution in [1.82, 2.24) is 10.6 Å². The second kappa shape index (κ2) is 7.10. The Kier molecular flexibility index (Phi) is 6.07. The van der Waals surface area contributed by atoms with Gasteiger partial charge in [-0.1, -0.05) is 6.42 Å². The molecule has 1 rings (SSSR count). The van der Waals surface area contributed by atoms with Crippen LogP contribution in [0.4, 0.5) is 4.79 Å². The molecule has 1 amide bonds. The Hall–Kier alpha value is -0.810. The van der Waals surface area contributed by atoms with Gasteiger partial charge in [0.1, 0.15) is 5.60 Å². The lowest BCUT2D eigenvalue weighted by Gasteiger charge is -2.25. The molecule has 0 heterocycles. The molecular formula is C14H28N2O3. The van der Waals surface area contributed by atoms with E-state index in [2.05, 4.69) is 10.6 Å². The van der Waals surface area contributed by atoms with Crippen molar-refractivity contribution in [2.75, 3.05) is 13.2 Å². The number of amides is 1. The van der Waals surface area contributed by atoms with Gasteiger partial charge in [0, 0.05) is 18.6 Å². The summed E-state index contributed by atoms with van der Waals surface area (Å²) >= 11 is 0. The first-order valence-corrected chi connectivity index (χ1v) is 7.15. The summed E-state index contributed by atoms with van der Waals surface area (Å²) in [6.07, 6.45) is 3.01. The molecule has 0 saturated heterocycles. The predicted octanol–water partition coefficient (Wildman–Crippen LogP) is 1.65. The van der Waals surface area contributed by atoms with Gasteiger partial charge in [0.25, 0.3) is 0 Å². The molecule has 0 radical (unpaired) electrons. The second-order valence-corrected chi connectivity index (χ2v) is 6.43. The molecule has 1 saturated carbocycles. The van der Waals surface area contributed by atoms with Gasteiger partial charge in [0.05, 0.1) is 6.61 Å². The Balaban J connectivity index is 2.33. The van der Waals surface area contributed by atoms with Crippen LogP contribution in [0, 0.1) is 5.92 Å². The molecule has 1 aliphatic carbocycles. The first kappa shape index (κ1) is 16.2. The average Bonchev–Trinajstić information content (AvgIpc) is 2.71. The lowest BCUT2D eigenvalue weighted by atomic mass is 10.0. The summed E-state index contributed by atoms with van der Waals surface area (Å²) in [4.78, 5) is 11.6. The number of alkyl carbamates (subject to hydrolysis) is 1. The molecule has 3 atom stereocenters. The molecule has 5 heteroatoms. The summed E-state index contributed by atoms with van der Waals surface area (Å²) in [6.45, 7) is 8.31. The Morgan fingerprint density at radius 3 is 2.68 bits per heavy atom. The van der Waals surface area contributed by atoms with Gasteiger partial charge in [-0.3, -0.25) is 0 Å². The summed E-state index contributed by atoms with van der Waals surface area (Å²) < 4.78 is 5.22. The van der Waals surface area contributed by atoms with Gasteiger partial charge in [-0.25, -0.2) is 4.79 Å². The fraction of sp³-hybridized carbons (Fsp3) is 0.929. The number of aliphatic hydroxyl groups is 1. The van der Waals surface area contributed by atoms with Crippen LogP contribution in [-0.2, 0) is 4.74 Å². The Morgan fingerprint density at radius 2 is 2.11 bits per heavy atom. The van der Waals surface area contributed by atoms with Gasteiger partial charge in [-0.05, 0) is 46.5 Å². The maximum atomic E-state index is 11.6. The third-order valence-electron chi connectivity index (χ3n) is 3.34. The van der Waals surface area contributed by atoms with Crippen molar-refractivity contribution in [2.24, 2.45) is 5.92 Å². The van der Waals surface area contributed by atoms with Crippen molar-refractivity contribution >= 4 is 6.09 Å². The van der Waals surface area contributed by atoms with Crippen molar-refractivity contribution in [3.8, 4) is 0 Å². The zero-order valence-corrected chi connectivity index (χ0v) is 12.5. The fourth-order valence-corrected chi connectivity index (χ4v) is 2.45. The van der Waals surface area contributed by atoms with Crippen molar-refractivity contribution in [3.63, 3.8) is 0 Å². The number of hydrogen-bond acceptors (Lipinski definition) is 4. The van der Waals surface area contributed by atoms with E-state index in [0.717, 1.165) is 19.3 Å². The first-order valence-electron chi connectivity index (χ1n) is 7.15. The second-order valence-electron chi connectivity index (χ2n) is 6.43. The van der Waals surface area contributed by atoms with Crippen LogP contribution in [0.5, 0.6) is 0 Å². The zero-order valence-electron chi connectivity index (χ0n) is 12.5. The van der Waals surface area contributed by atoms with Crippen LogP contribution in [0.15, 0.2) is 0 Å². The van der Waals surface area contributed by atoms with E-state index in [1.807, 2.05) is 27.7 Å². The predicted molar refractivity (Wildman–Crippen MR) is 75.0 cm³/mol. The average molecular weight is 272 g/mol. The summed E-state index contributed by atoms with van der Waals surface area (Å²) in [5.74, 6) is 0.418. The highest BCUT2D eigenvalue weighted by atomic mass is 16.6. The van der Waals surface area contributed by atoms with Gasteiger partial charge in [0.15, 0.2) is 0 Å². The van der Waals surface area contributed by atoms with Crippen LogP contribution in [0.2, 0.25) is 0 Å². The largest absolute Gasteiger partial charge is 0.444 e.